The minimum Gasteiger partial charge on any atom is -0.378 e. The fraction of sp³-hybridized carbons (Fsp3) is 0.273. The molecule has 0 aliphatic carbocycles. The molecule has 0 spiro atoms. The van der Waals surface area contributed by atoms with Crippen molar-refractivity contribution in [3.8, 4) is 0 Å². The summed E-state index contributed by atoms with van der Waals surface area (Å²) in [5, 5.41) is 6.68. The molecular formula is C22H26N6. The van der Waals surface area contributed by atoms with Crippen molar-refractivity contribution in [1.29, 1.82) is 0 Å². The third-order valence-electron chi connectivity index (χ3n) is 4.93. The molecule has 4 rings (SSSR count). The van der Waals surface area contributed by atoms with Crippen molar-refractivity contribution in [2.75, 3.05) is 47.6 Å². The molecule has 2 N–H and O–H groups in total. The number of benzene rings is 2. The van der Waals surface area contributed by atoms with E-state index in [1.54, 1.807) is 6.33 Å². The van der Waals surface area contributed by atoms with Crippen LogP contribution in [0.2, 0.25) is 0 Å². The number of nitrogens with zero attached hydrogens (tertiary/aromatic N) is 4. The van der Waals surface area contributed by atoms with Gasteiger partial charge in [-0.15, -0.1) is 0 Å². The average molecular weight is 374 g/mol. The minimum absolute atomic E-state index is 0.754. The summed E-state index contributed by atoms with van der Waals surface area (Å²) in [6.45, 7) is 2.31. The molecule has 1 aromatic heterocycles. The molecule has 144 valence electrons. The molecule has 0 amide bonds. The van der Waals surface area contributed by atoms with Gasteiger partial charge in [-0.2, -0.15) is 0 Å². The van der Waals surface area contributed by atoms with Gasteiger partial charge in [-0.3, -0.25) is 0 Å². The van der Waals surface area contributed by atoms with Crippen LogP contribution in [0, 0.1) is 0 Å². The lowest BCUT2D eigenvalue weighted by Gasteiger charge is -2.18. The number of hydrogen-bond acceptors (Lipinski definition) is 6. The molecule has 0 unspecified atom stereocenters. The first-order valence-electron chi connectivity index (χ1n) is 9.66. The van der Waals surface area contributed by atoms with Crippen LogP contribution in [0.5, 0.6) is 0 Å². The maximum Gasteiger partial charge on any atom is 0.135 e. The number of anilines is 6. The van der Waals surface area contributed by atoms with Crippen LogP contribution in [0.3, 0.4) is 0 Å². The number of aromatic nitrogens is 2. The third kappa shape index (κ3) is 4.34. The number of hydrogen-bond donors (Lipinski definition) is 2. The molecule has 2 aromatic carbocycles. The van der Waals surface area contributed by atoms with Crippen molar-refractivity contribution in [2.24, 2.45) is 0 Å². The second kappa shape index (κ2) is 8.17. The first-order chi connectivity index (χ1) is 13.7. The van der Waals surface area contributed by atoms with Gasteiger partial charge in [-0.25, -0.2) is 9.97 Å². The summed E-state index contributed by atoms with van der Waals surface area (Å²) >= 11 is 0. The van der Waals surface area contributed by atoms with E-state index >= 15 is 0 Å². The van der Waals surface area contributed by atoms with E-state index in [2.05, 4.69) is 66.8 Å². The van der Waals surface area contributed by atoms with Crippen molar-refractivity contribution in [1.82, 2.24) is 9.97 Å². The van der Waals surface area contributed by atoms with Crippen LogP contribution in [0.25, 0.3) is 0 Å². The normalized spacial score (nSPS) is 13.4. The smallest absolute Gasteiger partial charge is 0.135 e. The van der Waals surface area contributed by atoms with Crippen molar-refractivity contribution < 1.29 is 0 Å². The van der Waals surface area contributed by atoms with Crippen LogP contribution in [-0.2, 0) is 0 Å². The topological polar surface area (TPSA) is 56.3 Å². The first-order valence-corrected chi connectivity index (χ1v) is 9.66. The second-order valence-electron chi connectivity index (χ2n) is 7.22. The summed E-state index contributed by atoms with van der Waals surface area (Å²) in [4.78, 5) is 13.2. The lowest BCUT2D eigenvalue weighted by Crippen LogP contribution is -2.17. The molecule has 6 heteroatoms. The Bertz CT molecular complexity index is 899. The molecule has 0 bridgehead atoms. The molecule has 0 radical (unpaired) electrons. The van der Waals surface area contributed by atoms with E-state index < -0.39 is 0 Å². The zero-order chi connectivity index (χ0) is 19.3. The molecule has 0 saturated carbocycles. The highest BCUT2D eigenvalue weighted by Crippen LogP contribution is 2.24. The molecule has 0 atom stereocenters. The number of rotatable bonds is 6. The van der Waals surface area contributed by atoms with Gasteiger partial charge in [0.2, 0.25) is 0 Å². The Morgan fingerprint density at radius 3 is 1.86 bits per heavy atom. The molecule has 1 fully saturated rings. The van der Waals surface area contributed by atoms with E-state index in [4.69, 9.17) is 0 Å². The van der Waals surface area contributed by atoms with Crippen LogP contribution in [0.4, 0.5) is 34.4 Å². The van der Waals surface area contributed by atoms with Crippen LogP contribution in [0.15, 0.2) is 60.9 Å². The first kappa shape index (κ1) is 18.1. The quantitative estimate of drug-likeness (QED) is 0.656. The Kier molecular flexibility index (Phi) is 5.28. The fourth-order valence-corrected chi connectivity index (χ4v) is 3.36. The molecule has 6 nitrogen and oxygen atoms in total. The van der Waals surface area contributed by atoms with Crippen molar-refractivity contribution in [3.05, 3.63) is 60.9 Å². The van der Waals surface area contributed by atoms with Gasteiger partial charge in [0.05, 0.1) is 0 Å². The van der Waals surface area contributed by atoms with Crippen LogP contribution < -0.4 is 20.4 Å². The van der Waals surface area contributed by atoms with Gasteiger partial charge in [0, 0.05) is 56.0 Å². The molecule has 3 aromatic rings. The maximum absolute atomic E-state index is 4.33. The van der Waals surface area contributed by atoms with Crippen LogP contribution in [-0.4, -0.2) is 37.2 Å². The van der Waals surface area contributed by atoms with Gasteiger partial charge in [-0.1, -0.05) is 0 Å². The summed E-state index contributed by atoms with van der Waals surface area (Å²) in [6, 6.07) is 18.7. The van der Waals surface area contributed by atoms with E-state index in [1.165, 1.54) is 18.5 Å². The van der Waals surface area contributed by atoms with Gasteiger partial charge in [0.15, 0.2) is 0 Å². The van der Waals surface area contributed by atoms with E-state index in [9.17, 15) is 0 Å². The van der Waals surface area contributed by atoms with Crippen LogP contribution in [0.1, 0.15) is 12.8 Å². The summed E-state index contributed by atoms with van der Waals surface area (Å²) in [5.74, 6) is 1.51. The summed E-state index contributed by atoms with van der Waals surface area (Å²) in [6.07, 6.45) is 4.14. The zero-order valence-electron chi connectivity index (χ0n) is 16.4. The summed E-state index contributed by atoms with van der Waals surface area (Å²) in [5.41, 5.74) is 4.45. The van der Waals surface area contributed by atoms with E-state index in [0.717, 1.165) is 41.8 Å². The molecule has 2 heterocycles. The predicted octanol–water partition coefficient (Wildman–Crippen LogP) is 4.63. The monoisotopic (exact) mass is 374 g/mol. The van der Waals surface area contributed by atoms with E-state index in [-0.39, 0.29) is 0 Å². The minimum atomic E-state index is 0.754. The largest absolute Gasteiger partial charge is 0.378 e. The lowest BCUT2D eigenvalue weighted by molar-refractivity contribution is 0.949. The highest BCUT2D eigenvalue weighted by atomic mass is 15.1. The van der Waals surface area contributed by atoms with Gasteiger partial charge >= 0.3 is 0 Å². The molecule has 28 heavy (non-hydrogen) atoms. The highest BCUT2D eigenvalue weighted by Gasteiger charge is 2.11. The fourth-order valence-electron chi connectivity index (χ4n) is 3.36. The number of nitrogens with one attached hydrogen (secondary N) is 2. The molecule has 1 aliphatic rings. The Morgan fingerprint density at radius 1 is 0.786 bits per heavy atom. The molecule has 1 aliphatic heterocycles. The van der Waals surface area contributed by atoms with Gasteiger partial charge in [0.1, 0.15) is 18.0 Å². The van der Waals surface area contributed by atoms with Gasteiger partial charge in [0.25, 0.3) is 0 Å². The standard InChI is InChI=1S/C22H26N6/c1-27(2)19-9-5-17(6-10-19)25-21-15-22(24-16-23-21)26-18-7-11-20(12-8-18)28-13-3-4-14-28/h5-12,15-16H,3-4,13-14H2,1-2H3,(H2,23,24,25,26). The molecular weight excluding hydrogens is 348 g/mol. The molecule has 1 saturated heterocycles. The Labute approximate surface area is 166 Å². The Morgan fingerprint density at radius 2 is 1.32 bits per heavy atom. The van der Waals surface area contributed by atoms with E-state index in [1.807, 2.05) is 32.3 Å². The van der Waals surface area contributed by atoms with Crippen molar-refractivity contribution in [2.45, 2.75) is 12.8 Å². The van der Waals surface area contributed by atoms with Gasteiger partial charge < -0.3 is 20.4 Å². The maximum atomic E-state index is 4.33. The van der Waals surface area contributed by atoms with Crippen molar-refractivity contribution in [3.63, 3.8) is 0 Å². The SMILES string of the molecule is CN(C)c1ccc(Nc2cc(Nc3ccc(N4CCCC4)cc3)ncn2)cc1. The van der Waals surface area contributed by atoms with E-state index in [0.29, 0.717) is 0 Å². The predicted molar refractivity (Wildman–Crippen MR) is 117 cm³/mol. The van der Waals surface area contributed by atoms with Crippen molar-refractivity contribution >= 4 is 34.4 Å². The highest BCUT2D eigenvalue weighted by molar-refractivity contribution is 5.65. The Balaban J connectivity index is 1.42. The lowest BCUT2D eigenvalue weighted by atomic mass is 10.2. The Hall–Kier alpha value is -3.28. The van der Waals surface area contributed by atoms with Crippen LogP contribution >= 0.6 is 0 Å². The second-order valence-corrected chi connectivity index (χ2v) is 7.22. The summed E-state index contributed by atoms with van der Waals surface area (Å²) < 4.78 is 0. The summed E-state index contributed by atoms with van der Waals surface area (Å²) in [7, 11) is 4.06. The zero-order valence-corrected chi connectivity index (χ0v) is 16.4. The van der Waals surface area contributed by atoms with Gasteiger partial charge in [-0.05, 0) is 61.4 Å². The third-order valence-corrected chi connectivity index (χ3v) is 4.93. The average Bonchev–Trinajstić information content (AvgIpc) is 3.24.